The Hall–Kier alpha value is -0.130. The molecule has 1 atom stereocenters. The Morgan fingerprint density at radius 3 is 2.67 bits per heavy atom. The topological polar surface area (TPSA) is 57.6 Å². The highest BCUT2D eigenvalue weighted by Crippen LogP contribution is 2.44. The highest BCUT2D eigenvalue weighted by atomic mass is 32.2. The van der Waals surface area contributed by atoms with Crippen LogP contribution in [0.5, 0.6) is 0 Å². The first-order valence-corrected chi connectivity index (χ1v) is 8.99. The molecule has 5 heteroatoms. The molecule has 1 aliphatic carbocycles. The van der Waals surface area contributed by atoms with Crippen LogP contribution in [0.3, 0.4) is 0 Å². The molecule has 0 amide bonds. The number of nitrogens with zero attached hydrogens (tertiary/aromatic N) is 1. The number of aliphatic hydroxyl groups is 1. The lowest BCUT2D eigenvalue weighted by Crippen LogP contribution is -2.47. The molecular weight excluding hydrogens is 250 g/mol. The van der Waals surface area contributed by atoms with E-state index in [4.69, 9.17) is 0 Å². The van der Waals surface area contributed by atoms with Gasteiger partial charge in [0.05, 0.1) is 5.75 Å². The summed E-state index contributed by atoms with van der Waals surface area (Å²) in [6.45, 7) is 2.71. The maximum absolute atomic E-state index is 11.2. The first kappa shape index (κ1) is 14.3. The summed E-state index contributed by atoms with van der Waals surface area (Å²) < 4.78 is 22.4. The highest BCUT2D eigenvalue weighted by molar-refractivity contribution is 7.90. The minimum Gasteiger partial charge on any atom is -0.396 e. The Labute approximate surface area is 110 Å². The van der Waals surface area contributed by atoms with Crippen LogP contribution in [0.15, 0.2) is 0 Å². The molecule has 18 heavy (non-hydrogen) atoms. The molecule has 1 aliphatic heterocycles. The van der Waals surface area contributed by atoms with E-state index in [1.807, 2.05) is 0 Å². The Bertz CT molecular complexity index is 378. The van der Waals surface area contributed by atoms with Crippen LogP contribution >= 0.6 is 0 Å². The summed E-state index contributed by atoms with van der Waals surface area (Å²) in [5.41, 5.74) is 0.0386. The molecule has 2 fully saturated rings. The molecule has 106 valence electrons. The molecule has 1 N–H and O–H groups in total. The van der Waals surface area contributed by atoms with Gasteiger partial charge in [0.1, 0.15) is 9.84 Å². The van der Waals surface area contributed by atoms with Gasteiger partial charge in [0.25, 0.3) is 0 Å². The van der Waals surface area contributed by atoms with E-state index in [9.17, 15) is 13.5 Å². The number of sulfone groups is 1. The van der Waals surface area contributed by atoms with E-state index in [2.05, 4.69) is 4.90 Å². The molecule has 4 nitrogen and oxygen atoms in total. The van der Waals surface area contributed by atoms with Crippen LogP contribution in [0.25, 0.3) is 0 Å². The number of rotatable bonds is 6. The molecule has 0 unspecified atom stereocenters. The van der Waals surface area contributed by atoms with Gasteiger partial charge in [-0.25, -0.2) is 8.42 Å². The van der Waals surface area contributed by atoms with Crippen LogP contribution in [0.2, 0.25) is 0 Å². The average Bonchev–Trinajstić information content (AvgIpc) is 3.10. The van der Waals surface area contributed by atoms with Crippen molar-refractivity contribution in [1.29, 1.82) is 0 Å². The van der Waals surface area contributed by atoms with Crippen molar-refractivity contribution in [3.63, 3.8) is 0 Å². The Morgan fingerprint density at radius 1 is 1.39 bits per heavy atom. The zero-order valence-corrected chi connectivity index (χ0v) is 12.1. The first-order chi connectivity index (χ1) is 8.42. The van der Waals surface area contributed by atoms with Crippen LogP contribution in [-0.2, 0) is 9.84 Å². The Morgan fingerprint density at radius 2 is 2.11 bits per heavy atom. The van der Waals surface area contributed by atoms with Gasteiger partial charge in [-0.1, -0.05) is 12.8 Å². The summed E-state index contributed by atoms with van der Waals surface area (Å²) in [4.78, 5) is 2.23. The van der Waals surface area contributed by atoms with Gasteiger partial charge in [0, 0.05) is 31.4 Å². The summed E-state index contributed by atoms with van der Waals surface area (Å²) in [5.74, 6) is 1.05. The monoisotopic (exact) mass is 275 g/mol. The second-order valence-electron chi connectivity index (χ2n) is 6.32. The Balaban J connectivity index is 1.89. The molecule has 0 radical (unpaired) electrons. The van der Waals surface area contributed by atoms with Gasteiger partial charge in [-0.05, 0) is 31.7 Å². The molecular formula is C13H25NO3S. The minimum absolute atomic E-state index is 0.0386. The third-order valence-corrected chi connectivity index (χ3v) is 5.20. The zero-order chi connectivity index (χ0) is 13.2. The van der Waals surface area contributed by atoms with Crippen LogP contribution in [-0.4, -0.2) is 56.7 Å². The average molecular weight is 275 g/mol. The van der Waals surface area contributed by atoms with Gasteiger partial charge < -0.3 is 10.0 Å². The van der Waals surface area contributed by atoms with Crippen LogP contribution < -0.4 is 0 Å². The number of hydrogen-bond acceptors (Lipinski definition) is 4. The predicted octanol–water partition coefficient (Wildman–Crippen LogP) is 0.906. The number of likely N-dealkylation sites (tertiary alicyclic amines) is 1. The molecule has 0 bridgehead atoms. The molecule has 1 saturated carbocycles. The van der Waals surface area contributed by atoms with E-state index >= 15 is 0 Å². The Kier molecular flexibility index (Phi) is 4.34. The maximum atomic E-state index is 11.2. The fraction of sp³-hybridized carbons (Fsp3) is 1.00. The molecule has 2 rings (SSSR count). The standard InChI is InChI=1S/C13H25NO3S/c1-18(16,17)8-7-14-6-2-5-13(10-14,11-15)9-12-3-4-12/h12,15H,2-11H2,1H3/t13-/m1/s1. The third kappa shape index (κ3) is 4.21. The normalized spacial score (nSPS) is 30.6. The van der Waals surface area contributed by atoms with E-state index < -0.39 is 9.84 Å². The lowest BCUT2D eigenvalue weighted by Gasteiger charge is -2.42. The number of aliphatic hydroxyl groups excluding tert-OH is 1. The van der Waals surface area contributed by atoms with Gasteiger partial charge in [0.2, 0.25) is 0 Å². The fourth-order valence-corrected chi connectivity index (χ4v) is 3.68. The molecule has 0 spiro atoms. The van der Waals surface area contributed by atoms with E-state index in [1.54, 1.807) is 0 Å². The smallest absolute Gasteiger partial charge is 0.148 e. The van der Waals surface area contributed by atoms with Crippen molar-refractivity contribution in [2.45, 2.75) is 32.1 Å². The van der Waals surface area contributed by atoms with Crippen LogP contribution in [0.1, 0.15) is 32.1 Å². The van der Waals surface area contributed by atoms with E-state index in [1.165, 1.54) is 19.1 Å². The minimum atomic E-state index is -2.88. The maximum Gasteiger partial charge on any atom is 0.148 e. The molecule has 1 saturated heterocycles. The summed E-state index contributed by atoms with van der Waals surface area (Å²) in [5, 5.41) is 9.72. The summed E-state index contributed by atoms with van der Waals surface area (Å²) in [7, 11) is -2.88. The SMILES string of the molecule is CS(=O)(=O)CCN1CCC[C@@](CO)(CC2CC2)C1. The molecule has 1 heterocycles. The number of hydrogen-bond donors (Lipinski definition) is 1. The highest BCUT2D eigenvalue weighted by Gasteiger charge is 2.39. The second kappa shape index (κ2) is 5.47. The lowest BCUT2D eigenvalue weighted by molar-refractivity contribution is 0.0239. The van der Waals surface area contributed by atoms with Crippen molar-refractivity contribution < 1.29 is 13.5 Å². The quantitative estimate of drug-likeness (QED) is 0.782. The lowest BCUT2D eigenvalue weighted by atomic mass is 9.76. The molecule has 0 aromatic heterocycles. The van der Waals surface area contributed by atoms with E-state index in [0.717, 1.165) is 38.3 Å². The predicted molar refractivity (Wildman–Crippen MR) is 72.2 cm³/mol. The van der Waals surface area contributed by atoms with E-state index in [-0.39, 0.29) is 17.8 Å². The summed E-state index contributed by atoms with van der Waals surface area (Å²) in [6, 6.07) is 0. The zero-order valence-electron chi connectivity index (χ0n) is 11.3. The van der Waals surface area contributed by atoms with Crippen molar-refractivity contribution in [1.82, 2.24) is 4.90 Å². The van der Waals surface area contributed by atoms with Crippen molar-refractivity contribution in [3.05, 3.63) is 0 Å². The molecule has 0 aromatic rings. The van der Waals surface area contributed by atoms with Gasteiger partial charge in [-0.2, -0.15) is 0 Å². The molecule has 2 aliphatic rings. The van der Waals surface area contributed by atoms with Gasteiger partial charge in [-0.3, -0.25) is 0 Å². The van der Waals surface area contributed by atoms with Crippen molar-refractivity contribution in [2.24, 2.45) is 11.3 Å². The van der Waals surface area contributed by atoms with Crippen molar-refractivity contribution in [2.75, 3.05) is 38.2 Å². The largest absolute Gasteiger partial charge is 0.396 e. The summed E-state index contributed by atoms with van der Waals surface area (Å²) >= 11 is 0. The summed E-state index contributed by atoms with van der Waals surface area (Å²) in [6.07, 6.45) is 7.21. The fourth-order valence-electron chi connectivity index (χ4n) is 3.09. The van der Waals surface area contributed by atoms with Crippen LogP contribution in [0, 0.1) is 11.3 Å². The van der Waals surface area contributed by atoms with Crippen LogP contribution in [0.4, 0.5) is 0 Å². The van der Waals surface area contributed by atoms with Gasteiger partial charge >= 0.3 is 0 Å². The van der Waals surface area contributed by atoms with Crippen molar-refractivity contribution in [3.8, 4) is 0 Å². The third-order valence-electron chi connectivity index (χ3n) is 4.27. The first-order valence-electron chi connectivity index (χ1n) is 6.93. The number of piperidine rings is 1. The van der Waals surface area contributed by atoms with E-state index in [0.29, 0.717) is 6.54 Å². The van der Waals surface area contributed by atoms with Crippen molar-refractivity contribution >= 4 is 9.84 Å². The van der Waals surface area contributed by atoms with Gasteiger partial charge in [-0.15, -0.1) is 0 Å². The molecule has 0 aromatic carbocycles. The van der Waals surface area contributed by atoms with Gasteiger partial charge in [0.15, 0.2) is 0 Å². The second-order valence-corrected chi connectivity index (χ2v) is 8.57.